The minimum Gasteiger partial charge on any atom is -0.350 e. The topological polar surface area (TPSA) is 49.4 Å². The van der Waals surface area contributed by atoms with Crippen molar-refractivity contribution in [2.45, 2.75) is 65.1 Å². The highest BCUT2D eigenvalue weighted by Gasteiger charge is 2.30. The molecule has 2 amide bonds. The highest BCUT2D eigenvalue weighted by Crippen LogP contribution is 2.25. The molecule has 6 heteroatoms. The third-order valence-corrected chi connectivity index (χ3v) is 6.45. The van der Waals surface area contributed by atoms with Crippen LogP contribution in [0, 0.1) is 0 Å². The molecular formula is C28H32Cl2N2O2. The van der Waals surface area contributed by atoms with Crippen molar-refractivity contribution in [3.63, 3.8) is 0 Å². The van der Waals surface area contributed by atoms with E-state index in [4.69, 9.17) is 23.2 Å². The van der Waals surface area contributed by atoms with E-state index >= 15 is 0 Å². The standard InChI is InChI=1S/C28H32Cl2N2O2/c1-5-25(27(34)31-28(2,3)4)32(18-19-13-15-23(29)24(30)17-19)26(33)16-14-21-11-8-10-20-9-6-7-12-22(20)21/h6-13,15,17,25H,5,14,16,18H2,1-4H3,(H,31,34)/t25-/m1/s1. The van der Waals surface area contributed by atoms with E-state index in [1.165, 1.54) is 0 Å². The van der Waals surface area contributed by atoms with Gasteiger partial charge >= 0.3 is 0 Å². The fourth-order valence-corrected chi connectivity index (χ4v) is 4.42. The van der Waals surface area contributed by atoms with E-state index in [0.717, 1.165) is 21.9 Å². The molecule has 3 aromatic rings. The van der Waals surface area contributed by atoms with Gasteiger partial charge in [0.1, 0.15) is 6.04 Å². The molecule has 0 saturated heterocycles. The van der Waals surface area contributed by atoms with E-state index in [1.807, 2.05) is 52.0 Å². The van der Waals surface area contributed by atoms with Crippen LogP contribution in [0.1, 0.15) is 51.7 Å². The number of rotatable bonds is 8. The molecule has 1 N–H and O–H groups in total. The van der Waals surface area contributed by atoms with Crippen LogP contribution in [0.15, 0.2) is 60.7 Å². The van der Waals surface area contributed by atoms with Crippen molar-refractivity contribution in [2.24, 2.45) is 0 Å². The summed E-state index contributed by atoms with van der Waals surface area (Å²) in [6.07, 6.45) is 1.40. The van der Waals surface area contributed by atoms with Crippen LogP contribution in [0.2, 0.25) is 10.0 Å². The smallest absolute Gasteiger partial charge is 0.243 e. The number of benzene rings is 3. The Morgan fingerprint density at radius 3 is 2.35 bits per heavy atom. The van der Waals surface area contributed by atoms with E-state index in [1.54, 1.807) is 17.0 Å². The number of aryl methyl sites for hydroxylation is 1. The fraction of sp³-hybridized carbons (Fsp3) is 0.357. The Labute approximate surface area is 212 Å². The Kier molecular flexibility index (Phi) is 8.62. The van der Waals surface area contributed by atoms with Gasteiger partial charge in [0.05, 0.1) is 10.0 Å². The summed E-state index contributed by atoms with van der Waals surface area (Å²) >= 11 is 12.3. The molecule has 3 aromatic carbocycles. The highest BCUT2D eigenvalue weighted by atomic mass is 35.5. The molecule has 0 bridgehead atoms. The highest BCUT2D eigenvalue weighted by molar-refractivity contribution is 6.42. The molecule has 3 rings (SSSR count). The molecule has 1 atom stereocenters. The van der Waals surface area contributed by atoms with Crippen LogP contribution in [0.25, 0.3) is 10.8 Å². The molecule has 0 aliphatic heterocycles. The van der Waals surface area contributed by atoms with Gasteiger partial charge in [-0.05, 0) is 67.6 Å². The number of hydrogen-bond donors (Lipinski definition) is 1. The number of carbonyl (C=O) groups excluding carboxylic acids is 2. The van der Waals surface area contributed by atoms with Gasteiger partial charge in [-0.2, -0.15) is 0 Å². The lowest BCUT2D eigenvalue weighted by Gasteiger charge is -2.33. The predicted molar refractivity (Wildman–Crippen MR) is 141 cm³/mol. The second-order valence-electron chi connectivity index (χ2n) is 9.57. The zero-order valence-electron chi connectivity index (χ0n) is 20.2. The minimum absolute atomic E-state index is 0.0742. The summed E-state index contributed by atoms with van der Waals surface area (Å²) < 4.78 is 0. The first-order chi connectivity index (χ1) is 16.1. The van der Waals surface area contributed by atoms with Crippen molar-refractivity contribution in [1.82, 2.24) is 10.2 Å². The third kappa shape index (κ3) is 6.74. The lowest BCUT2D eigenvalue weighted by molar-refractivity contribution is -0.142. The van der Waals surface area contributed by atoms with Crippen molar-refractivity contribution < 1.29 is 9.59 Å². The van der Waals surface area contributed by atoms with E-state index in [9.17, 15) is 9.59 Å². The Hall–Kier alpha value is -2.56. The van der Waals surface area contributed by atoms with Crippen LogP contribution in [0.5, 0.6) is 0 Å². The minimum atomic E-state index is -0.589. The predicted octanol–water partition coefficient (Wildman–Crippen LogP) is 6.80. The molecule has 0 radical (unpaired) electrons. The average Bonchev–Trinajstić information content (AvgIpc) is 2.78. The summed E-state index contributed by atoms with van der Waals surface area (Å²) in [5.41, 5.74) is 1.55. The Bertz CT molecular complexity index is 1170. The van der Waals surface area contributed by atoms with Crippen molar-refractivity contribution >= 4 is 45.8 Å². The van der Waals surface area contributed by atoms with Crippen LogP contribution in [0.3, 0.4) is 0 Å². The van der Waals surface area contributed by atoms with E-state index < -0.39 is 11.6 Å². The largest absolute Gasteiger partial charge is 0.350 e. The SMILES string of the molecule is CC[C@H](C(=O)NC(C)(C)C)N(Cc1ccc(Cl)c(Cl)c1)C(=O)CCc1cccc2ccccc12. The first-order valence-electron chi connectivity index (χ1n) is 11.6. The molecule has 0 unspecified atom stereocenters. The molecule has 0 spiro atoms. The normalized spacial score (nSPS) is 12.4. The Morgan fingerprint density at radius 1 is 0.971 bits per heavy atom. The lowest BCUT2D eigenvalue weighted by atomic mass is 10.00. The number of hydrogen-bond acceptors (Lipinski definition) is 2. The lowest BCUT2D eigenvalue weighted by Crippen LogP contribution is -2.53. The molecular weight excluding hydrogens is 467 g/mol. The number of amides is 2. The third-order valence-electron chi connectivity index (χ3n) is 5.71. The maximum absolute atomic E-state index is 13.6. The van der Waals surface area contributed by atoms with Gasteiger partial charge in [-0.15, -0.1) is 0 Å². The maximum Gasteiger partial charge on any atom is 0.243 e. The summed E-state index contributed by atoms with van der Waals surface area (Å²) in [5, 5.41) is 6.20. The van der Waals surface area contributed by atoms with Gasteiger partial charge in [-0.3, -0.25) is 9.59 Å². The van der Waals surface area contributed by atoms with Gasteiger partial charge in [-0.1, -0.05) is 78.7 Å². The van der Waals surface area contributed by atoms with Gasteiger partial charge in [0.25, 0.3) is 0 Å². The number of nitrogens with zero attached hydrogens (tertiary/aromatic N) is 1. The van der Waals surface area contributed by atoms with E-state index in [-0.39, 0.29) is 18.4 Å². The number of nitrogens with one attached hydrogen (secondary N) is 1. The van der Waals surface area contributed by atoms with Crippen LogP contribution in [0.4, 0.5) is 0 Å². The summed E-state index contributed by atoms with van der Waals surface area (Å²) in [6, 6.07) is 19.0. The van der Waals surface area contributed by atoms with Gasteiger partial charge in [0, 0.05) is 18.5 Å². The number of fused-ring (bicyclic) bond motifs is 1. The quantitative estimate of drug-likeness (QED) is 0.371. The van der Waals surface area contributed by atoms with Crippen LogP contribution in [-0.2, 0) is 22.6 Å². The number of halogens is 2. The molecule has 0 fully saturated rings. The van der Waals surface area contributed by atoms with Gasteiger partial charge in [0.15, 0.2) is 0 Å². The van der Waals surface area contributed by atoms with Crippen LogP contribution < -0.4 is 5.32 Å². The first-order valence-corrected chi connectivity index (χ1v) is 12.4. The Morgan fingerprint density at radius 2 is 1.68 bits per heavy atom. The summed E-state index contributed by atoms with van der Waals surface area (Å²) in [7, 11) is 0. The summed E-state index contributed by atoms with van der Waals surface area (Å²) in [5.74, 6) is -0.233. The molecule has 0 heterocycles. The van der Waals surface area contributed by atoms with E-state index in [2.05, 4.69) is 29.6 Å². The second kappa shape index (κ2) is 11.2. The number of carbonyl (C=O) groups is 2. The van der Waals surface area contributed by atoms with E-state index in [0.29, 0.717) is 29.3 Å². The molecule has 34 heavy (non-hydrogen) atoms. The zero-order valence-corrected chi connectivity index (χ0v) is 21.7. The van der Waals surface area contributed by atoms with Gasteiger partial charge in [-0.25, -0.2) is 0 Å². The zero-order chi connectivity index (χ0) is 24.9. The molecule has 0 aromatic heterocycles. The molecule has 0 aliphatic carbocycles. The molecule has 4 nitrogen and oxygen atoms in total. The monoisotopic (exact) mass is 498 g/mol. The van der Waals surface area contributed by atoms with Crippen LogP contribution >= 0.6 is 23.2 Å². The van der Waals surface area contributed by atoms with Gasteiger partial charge in [0.2, 0.25) is 11.8 Å². The first kappa shape index (κ1) is 26.1. The molecule has 0 aliphatic rings. The van der Waals surface area contributed by atoms with Crippen molar-refractivity contribution in [1.29, 1.82) is 0 Å². The molecule has 0 saturated carbocycles. The summed E-state index contributed by atoms with van der Waals surface area (Å²) in [6.45, 7) is 8.00. The Balaban J connectivity index is 1.86. The fourth-order valence-electron chi connectivity index (χ4n) is 4.10. The van der Waals surface area contributed by atoms with Crippen LogP contribution in [-0.4, -0.2) is 28.3 Å². The summed E-state index contributed by atoms with van der Waals surface area (Å²) in [4.78, 5) is 28.4. The van der Waals surface area contributed by atoms with Gasteiger partial charge < -0.3 is 10.2 Å². The van der Waals surface area contributed by atoms with Crippen molar-refractivity contribution in [2.75, 3.05) is 0 Å². The second-order valence-corrected chi connectivity index (χ2v) is 10.4. The maximum atomic E-state index is 13.6. The van der Waals surface area contributed by atoms with Crippen molar-refractivity contribution in [3.8, 4) is 0 Å². The average molecular weight is 499 g/mol. The van der Waals surface area contributed by atoms with Crippen molar-refractivity contribution in [3.05, 3.63) is 81.8 Å². The molecule has 180 valence electrons.